The van der Waals surface area contributed by atoms with E-state index in [1.165, 1.54) is 0 Å². The molecule has 0 aromatic heterocycles. The number of hydrogen-bond acceptors (Lipinski definition) is 8. The Morgan fingerprint density at radius 3 is 2.29 bits per heavy atom. The largest absolute Gasteiger partial charge is 0.487 e. The zero-order valence-corrected chi connectivity index (χ0v) is 24.4. The van der Waals surface area contributed by atoms with Crippen LogP contribution in [0.2, 0.25) is 0 Å². The monoisotopic (exact) mass is 534 g/mol. The molecule has 3 rings (SSSR count). The molecule has 3 aliphatic rings. The normalized spacial score (nSPS) is 33.3. The number of rotatable bonds is 3. The highest BCUT2D eigenvalue weighted by Crippen LogP contribution is 2.37. The quantitative estimate of drug-likeness (QED) is 0.333. The summed E-state index contributed by atoms with van der Waals surface area (Å²) in [6.45, 7) is 16.7. The van der Waals surface area contributed by atoms with Crippen molar-refractivity contribution in [2.75, 3.05) is 33.2 Å². The van der Waals surface area contributed by atoms with Gasteiger partial charge in [0.05, 0.1) is 23.7 Å². The van der Waals surface area contributed by atoms with Crippen LogP contribution in [-0.2, 0) is 23.6 Å². The minimum atomic E-state index is -0.828. The zero-order valence-electron chi connectivity index (χ0n) is 24.4. The highest BCUT2D eigenvalue weighted by atomic mass is 16.7. The lowest BCUT2D eigenvalue weighted by Crippen LogP contribution is -2.48. The molecule has 0 radical (unpaired) electrons. The number of ether oxygens (including phenoxy) is 2. The van der Waals surface area contributed by atoms with E-state index in [0.29, 0.717) is 25.9 Å². The minimum Gasteiger partial charge on any atom is -0.457 e. The van der Waals surface area contributed by atoms with Crippen LogP contribution in [0.1, 0.15) is 67.7 Å². The molecule has 214 valence electrons. The number of amides is 1. The Morgan fingerprint density at radius 1 is 1.08 bits per heavy atom. The maximum Gasteiger partial charge on any atom is 0.487 e. The Kier molecular flexibility index (Phi) is 10.1. The van der Waals surface area contributed by atoms with Crippen molar-refractivity contribution in [1.29, 1.82) is 0 Å². The van der Waals surface area contributed by atoms with Crippen molar-refractivity contribution in [2.45, 2.75) is 97.2 Å². The van der Waals surface area contributed by atoms with Gasteiger partial charge in [-0.05, 0) is 72.1 Å². The van der Waals surface area contributed by atoms with Crippen LogP contribution in [0.15, 0.2) is 23.7 Å². The molecule has 2 saturated heterocycles. The molecule has 0 aromatic rings. The summed E-state index contributed by atoms with van der Waals surface area (Å²) in [6.07, 6.45) is 2.60. The van der Waals surface area contributed by atoms with Gasteiger partial charge in [0.25, 0.3) is 0 Å². The molecule has 0 bridgehead atoms. The van der Waals surface area contributed by atoms with Crippen LogP contribution in [0, 0.1) is 11.8 Å². The molecule has 0 aliphatic carbocycles. The second-order valence-corrected chi connectivity index (χ2v) is 12.2. The lowest BCUT2D eigenvalue weighted by molar-refractivity contribution is -0.151. The average Bonchev–Trinajstić information content (AvgIpc) is 3.03. The van der Waals surface area contributed by atoms with Crippen molar-refractivity contribution in [3.8, 4) is 0 Å². The van der Waals surface area contributed by atoms with E-state index in [1.807, 2.05) is 73.6 Å². The predicted octanol–water partition coefficient (Wildman–Crippen LogP) is 3.60. The second-order valence-electron chi connectivity index (χ2n) is 12.2. The molecule has 10 heteroatoms. The van der Waals surface area contributed by atoms with Gasteiger partial charge in [-0.25, -0.2) is 4.79 Å². The number of piperazine rings is 1. The fourth-order valence-electron chi connectivity index (χ4n) is 4.90. The number of carbonyl (C=O) groups excluding carboxylic acids is 2. The molecular weight excluding hydrogens is 487 g/mol. The first kappa shape index (κ1) is 30.7. The molecule has 1 amide bonds. The maximum absolute atomic E-state index is 12.9. The summed E-state index contributed by atoms with van der Waals surface area (Å²) in [5, 5.41) is 10.5. The number of hydrogen-bond donors (Lipinski definition) is 1. The Morgan fingerprint density at radius 2 is 1.68 bits per heavy atom. The van der Waals surface area contributed by atoms with Crippen molar-refractivity contribution in [3.63, 3.8) is 0 Å². The smallest absolute Gasteiger partial charge is 0.457 e. The lowest BCUT2D eigenvalue weighted by atomic mass is 9.83. The van der Waals surface area contributed by atoms with Crippen molar-refractivity contribution in [3.05, 3.63) is 23.7 Å². The Hall–Kier alpha value is -1.88. The molecule has 3 heterocycles. The summed E-state index contributed by atoms with van der Waals surface area (Å²) < 4.78 is 24.1. The van der Waals surface area contributed by atoms with Gasteiger partial charge in [-0.1, -0.05) is 25.9 Å². The third-order valence-corrected chi connectivity index (χ3v) is 8.38. The fraction of sp³-hybridized carbons (Fsp3) is 0.786. The lowest BCUT2D eigenvalue weighted by Gasteiger charge is -2.33. The van der Waals surface area contributed by atoms with E-state index in [0.717, 1.165) is 18.7 Å². The average molecular weight is 535 g/mol. The molecule has 0 spiro atoms. The SMILES string of the molecule is C/C(=C\B1OC(C)(C)C(C)(C)O1)C1OC(=O)CC(O)CCC(C)C(OC(=O)N2CCN(C)CC2)C=CC1C. The van der Waals surface area contributed by atoms with Crippen molar-refractivity contribution in [1.82, 2.24) is 9.80 Å². The standard InChI is InChI=1S/C28H47BN2O7/c1-19-9-11-22(32)17-24(33)36-25(21(3)18-29-37-27(4,5)28(6,7)38-29)20(2)10-12-23(19)35-26(34)31-15-13-30(8)14-16-31/h10,12,18-20,22-23,25,32H,9,11,13-17H2,1-8H3/b12-10?,21-18+. The van der Waals surface area contributed by atoms with Gasteiger partial charge in [0.2, 0.25) is 0 Å². The first-order valence-corrected chi connectivity index (χ1v) is 13.9. The minimum absolute atomic E-state index is 0.0280. The van der Waals surface area contributed by atoms with E-state index in [1.54, 1.807) is 4.90 Å². The topological polar surface area (TPSA) is 97.8 Å². The van der Waals surface area contributed by atoms with Gasteiger partial charge in [0, 0.05) is 32.1 Å². The van der Waals surface area contributed by atoms with Crippen molar-refractivity contribution < 1.29 is 33.5 Å². The molecule has 0 saturated carbocycles. The van der Waals surface area contributed by atoms with E-state index in [2.05, 4.69) is 4.90 Å². The number of aliphatic hydroxyl groups excluding tert-OH is 1. The van der Waals surface area contributed by atoms with Gasteiger partial charge in [0.1, 0.15) is 12.2 Å². The van der Waals surface area contributed by atoms with Crippen molar-refractivity contribution in [2.24, 2.45) is 11.8 Å². The van der Waals surface area contributed by atoms with Crippen LogP contribution in [0.5, 0.6) is 0 Å². The van der Waals surface area contributed by atoms with E-state index < -0.39 is 42.6 Å². The van der Waals surface area contributed by atoms with E-state index in [9.17, 15) is 14.7 Å². The first-order valence-electron chi connectivity index (χ1n) is 13.9. The number of aliphatic hydroxyl groups is 1. The van der Waals surface area contributed by atoms with Gasteiger partial charge in [-0.15, -0.1) is 0 Å². The summed E-state index contributed by atoms with van der Waals surface area (Å²) in [4.78, 5) is 29.6. The Labute approximate surface area is 228 Å². The summed E-state index contributed by atoms with van der Waals surface area (Å²) in [7, 11) is 1.47. The van der Waals surface area contributed by atoms with Gasteiger partial charge in [-0.2, -0.15) is 0 Å². The second kappa shape index (κ2) is 12.5. The van der Waals surface area contributed by atoms with Crippen LogP contribution in [-0.4, -0.2) is 96.8 Å². The summed E-state index contributed by atoms with van der Waals surface area (Å²) >= 11 is 0. The van der Waals surface area contributed by atoms with Gasteiger partial charge in [0.15, 0.2) is 0 Å². The van der Waals surface area contributed by atoms with Crippen LogP contribution >= 0.6 is 0 Å². The predicted molar refractivity (Wildman–Crippen MR) is 146 cm³/mol. The molecule has 2 fully saturated rings. The molecule has 9 nitrogen and oxygen atoms in total. The van der Waals surface area contributed by atoms with Crippen LogP contribution in [0.25, 0.3) is 0 Å². The molecule has 1 N–H and O–H groups in total. The third kappa shape index (κ3) is 7.84. The number of carbonyl (C=O) groups is 2. The molecule has 0 aromatic carbocycles. The van der Waals surface area contributed by atoms with Crippen LogP contribution in [0.4, 0.5) is 4.79 Å². The van der Waals surface area contributed by atoms with E-state index >= 15 is 0 Å². The third-order valence-electron chi connectivity index (χ3n) is 8.38. The van der Waals surface area contributed by atoms with Gasteiger partial charge >= 0.3 is 19.2 Å². The fourth-order valence-corrected chi connectivity index (χ4v) is 4.90. The summed E-state index contributed by atoms with van der Waals surface area (Å²) in [6, 6.07) is 0. The molecule has 38 heavy (non-hydrogen) atoms. The van der Waals surface area contributed by atoms with E-state index in [-0.39, 0.29) is 24.3 Å². The Balaban J connectivity index is 1.80. The summed E-state index contributed by atoms with van der Waals surface area (Å²) in [5.41, 5.74) is -0.172. The highest BCUT2D eigenvalue weighted by molar-refractivity contribution is 6.51. The molecule has 5 unspecified atom stereocenters. The first-order chi connectivity index (χ1) is 17.7. The van der Waals surface area contributed by atoms with Gasteiger partial charge in [-0.3, -0.25) is 4.79 Å². The van der Waals surface area contributed by atoms with Gasteiger partial charge < -0.3 is 33.7 Å². The Bertz CT molecular complexity index is 882. The number of nitrogens with zero attached hydrogens (tertiary/aromatic N) is 2. The van der Waals surface area contributed by atoms with Crippen molar-refractivity contribution >= 4 is 19.2 Å². The number of esters is 1. The molecular formula is C28H47BN2O7. The highest BCUT2D eigenvalue weighted by Gasteiger charge is 2.50. The molecule has 5 atom stereocenters. The number of cyclic esters (lactones) is 1. The van der Waals surface area contributed by atoms with Crippen LogP contribution in [0.3, 0.4) is 0 Å². The van der Waals surface area contributed by atoms with Crippen LogP contribution < -0.4 is 0 Å². The number of likely N-dealkylation sites (N-methyl/N-ethyl adjacent to an activating group) is 1. The zero-order chi connectivity index (χ0) is 28.3. The molecule has 3 aliphatic heterocycles. The maximum atomic E-state index is 12.9. The van der Waals surface area contributed by atoms with E-state index in [4.69, 9.17) is 18.8 Å². The summed E-state index contributed by atoms with van der Waals surface area (Å²) in [5.74, 6) is 1.16.